The largest absolute Gasteiger partial charge is 0.298 e. The monoisotopic (exact) mass is 213 g/mol. The Morgan fingerprint density at radius 3 is 2.69 bits per heavy atom. The molecule has 2 rings (SSSR count). The van der Waals surface area contributed by atoms with E-state index in [2.05, 4.69) is 21.0 Å². The van der Waals surface area contributed by atoms with Crippen molar-refractivity contribution in [2.24, 2.45) is 5.11 Å². The molecule has 5 nitrogen and oxygen atoms in total. The molecular weight excluding hydrogens is 202 g/mol. The lowest BCUT2D eigenvalue weighted by Crippen LogP contribution is -2.48. The van der Waals surface area contributed by atoms with Crippen molar-refractivity contribution in [1.29, 1.82) is 5.26 Å². The van der Waals surface area contributed by atoms with Crippen molar-refractivity contribution < 1.29 is 0 Å². The molecule has 1 aliphatic heterocycles. The highest BCUT2D eigenvalue weighted by Gasteiger charge is 2.24. The van der Waals surface area contributed by atoms with Gasteiger partial charge in [-0.15, -0.1) is 0 Å². The highest BCUT2D eigenvalue weighted by atomic mass is 15.3. The molecule has 5 heteroatoms. The van der Waals surface area contributed by atoms with Gasteiger partial charge in [0.05, 0.1) is 17.7 Å². The fourth-order valence-corrected chi connectivity index (χ4v) is 1.76. The predicted molar refractivity (Wildman–Crippen MR) is 59.4 cm³/mol. The van der Waals surface area contributed by atoms with Gasteiger partial charge in [-0.2, -0.15) is 5.26 Å². The quantitative estimate of drug-likeness (QED) is 0.437. The minimum Gasteiger partial charge on any atom is -0.298 e. The van der Waals surface area contributed by atoms with Crippen LogP contribution in [0.4, 0.5) is 0 Å². The first-order valence-electron chi connectivity index (χ1n) is 5.07. The van der Waals surface area contributed by atoms with E-state index in [4.69, 9.17) is 10.8 Å². The molecule has 0 atom stereocenters. The van der Waals surface area contributed by atoms with Crippen molar-refractivity contribution in [2.75, 3.05) is 13.1 Å². The van der Waals surface area contributed by atoms with Crippen LogP contribution in [0.1, 0.15) is 11.1 Å². The van der Waals surface area contributed by atoms with Crippen molar-refractivity contribution in [2.45, 2.75) is 12.6 Å². The van der Waals surface area contributed by atoms with E-state index in [1.54, 1.807) is 0 Å². The summed E-state index contributed by atoms with van der Waals surface area (Å²) in [7, 11) is 0. The molecular formula is C11H11N5. The lowest BCUT2D eigenvalue weighted by atomic mass is 10.1. The number of nitriles is 1. The number of azide groups is 1. The molecule has 0 spiro atoms. The number of benzene rings is 1. The summed E-state index contributed by atoms with van der Waals surface area (Å²) in [6.45, 7) is 2.50. The van der Waals surface area contributed by atoms with Gasteiger partial charge in [0.15, 0.2) is 0 Å². The first-order valence-corrected chi connectivity index (χ1v) is 5.07. The minimum atomic E-state index is 0.128. The number of nitrogens with zero attached hydrogens (tertiary/aromatic N) is 5. The van der Waals surface area contributed by atoms with Gasteiger partial charge in [0, 0.05) is 24.5 Å². The van der Waals surface area contributed by atoms with E-state index in [0.29, 0.717) is 5.56 Å². The van der Waals surface area contributed by atoms with Crippen molar-refractivity contribution in [3.63, 3.8) is 0 Å². The molecule has 0 radical (unpaired) electrons. The maximum Gasteiger partial charge on any atom is 0.0991 e. The zero-order valence-corrected chi connectivity index (χ0v) is 8.74. The zero-order chi connectivity index (χ0) is 11.4. The second kappa shape index (κ2) is 4.67. The van der Waals surface area contributed by atoms with E-state index in [1.165, 1.54) is 5.56 Å². The highest BCUT2D eigenvalue weighted by molar-refractivity contribution is 5.31. The smallest absolute Gasteiger partial charge is 0.0991 e. The van der Waals surface area contributed by atoms with Gasteiger partial charge < -0.3 is 0 Å². The van der Waals surface area contributed by atoms with Crippen molar-refractivity contribution in [3.8, 4) is 6.07 Å². The van der Waals surface area contributed by atoms with Crippen LogP contribution in [-0.4, -0.2) is 24.0 Å². The Morgan fingerprint density at radius 2 is 2.12 bits per heavy atom. The summed E-state index contributed by atoms with van der Waals surface area (Å²) in [6.07, 6.45) is 0. The van der Waals surface area contributed by atoms with Crippen LogP contribution >= 0.6 is 0 Å². The maximum absolute atomic E-state index is 8.65. The Bertz CT molecular complexity index is 446. The first-order chi connectivity index (χ1) is 7.81. The third-order valence-corrected chi connectivity index (χ3v) is 2.64. The molecule has 1 heterocycles. The third-order valence-electron chi connectivity index (χ3n) is 2.64. The Balaban J connectivity index is 1.87. The van der Waals surface area contributed by atoms with Crippen LogP contribution in [-0.2, 0) is 6.54 Å². The Hall–Kier alpha value is -2.02. The van der Waals surface area contributed by atoms with Crippen LogP contribution in [0.15, 0.2) is 29.4 Å². The molecule has 0 unspecified atom stereocenters. The van der Waals surface area contributed by atoms with Crippen LogP contribution in [0.3, 0.4) is 0 Å². The predicted octanol–water partition coefficient (Wildman–Crippen LogP) is 2.05. The van der Waals surface area contributed by atoms with E-state index in [1.807, 2.05) is 24.3 Å². The average Bonchev–Trinajstić information content (AvgIpc) is 2.27. The summed E-state index contributed by atoms with van der Waals surface area (Å²) in [4.78, 5) is 4.99. The Labute approximate surface area is 93.5 Å². The normalized spacial score (nSPS) is 15.9. The van der Waals surface area contributed by atoms with E-state index in [9.17, 15) is 0 Å². The molecule has 1 aromatic rings. The summed E-state index contributed by atoms with van der Waals surface area (Å²) in [5.41, 5.74) is 10.1. The van der Waals surface area contributed by atoms with Crippen LogP contribution in [0, 0.1) is 11.3 Å². The third kappa shape index (κ3) is 2.31. The van der Waals surface area contributed by atoms with Gasteiger partial charge in [-0.1, -0.05) is 17.2 Å². The molecule has 0 aliphatic carbocycles. The molecule has 1 saturated heterocycles. The molecule has 0 saturated carbocycles. The van der Waals surface area contributed by atoms with Crippen LogP contribution in [0.25, 0.3) is 10.4 Å². The lowest BCUT2D eigenvalue weighted by molar-refractivity contribution is 0.142. The minimum absolute atomic E-state index is 0.128. The van der Waals surface area contributed by atoms with Gasteiger partial charge in [-0.05, 0) is 23.2 Å². The SMILES string of the molecule is N#Cc1ccc(CN2CC(N=[N+]=[N-])C2)cc1. The summed E-state index contributed by atoms with van der Waals surface area (Å²) in [5.74, 6) is 0. The van der Waals surface area contributed by atoms with Crippen molar-refractivity contribution in [1.82, 2.24) is 4.90 Å². The summed E-state index contributed by atoms with van der Waals surface area (Å²) >= 11 is 0. The second-order valence-corrected chi connectivity index (χ2v) is 3.86. The number of hydrogen-bond donors (Lipinski definition) is 0. The molecule has 80 valence electrons. The van der Waals surface area contributed by atoms with Crippen LogP contribution in [0.2, 0.25) is 0 Å². The Morgan fingerprint density at radius 1 is 1.44 bits per heavy atom. The van der Waals surface area contributed by atoms with Gasteiger partial charge >= 0.3 is 0 Å². The molecule has 0 amide bonds. The highest BCUT2D eigenvalue weighted by Crippen LogP contribution is 2.16. The average molecular weight is 213 g/mol. The van der Waals surface area contributed by atoms with Crippen LogP contribution < -0.4 is 0 Å². The number of likely N-dealkylation sites (tertiary alicyclic amines) is 1. The van der Waals surface area contributed by atoms with Gasteiger partial charge in [-0.25, -0.2) is 0 Å². The van der Waals surface area contributed by atoms with Gasteiger partial charge in [-0.3, -0.25) is 4.90 Å². The number of hydrogen-bond acceptors (Lipinski definition) is 3. The summed E-state index contributed by atoms with van der Waals surface area (Å²) in [5, 5.41) is 12.3. The summed E-state index contributed by atoms with van der Waals surface area (Å²) in [6, 6.07) is 9.77. The molecule has 0 bridgehead atoms. The first kappa shape index (κ1) is 10.5. The van der Waals surface area contributed by atoms with Crippen molar-refractivity contribution in [3.05, 3.63) is 45.8 Å². The topological polar surface area (TPSA) is 75.8 Å². The Kier molecular flexibility index (Phi) is 3.06. The van der Waals surface area contributed by atoms with Gasteiger partial charge in [0.25, 0.3) is 0 Å². The van der Waals surface area contributed by atoms with Crippen LogP contribution in [0.5, 0.6) is 0 Å². The van der Waals surface area contributed by atoms with Crippen molar-refractivity contribution >= 4 is 0 Å². The van der Waals surface area contributed by atoms with E-state index in [0.717, 1.165) is 19.6 Å². The lowest BCUT2D eigenvalue weighted by Gasteiger charge is -2.36. The molecule has 1 fully saturated rings. The fraction of sp³-hybridized carbons (Fsp3) is 0.364. The second-order valence-electron chi connectivity index (χ2n) is 3.86. The summed E-state index contributed by atoms with van der Waals surface area (Å²) < 4.78 is 0. The standard InChI is InChI=1S/C11H11N5/c12-5-9-1-3-10(4-2-9)6-16-7-11(8-16)14-15-13/h1-4,11H,6-8H2. The van der Waals surface area contributed by atoms with E-state index < -0.39 is 0 Å². The van der Waals surface area contributed by atoms with Gasteiger partial charge in [0.1, 0.15) is 0 Å². The zero-order valence-electron chi connectivity index (χ0n) is 8.74. The molecule has 0 N–H and O–H groups in total. The van der Waals surface area contributed by atoms with Gasteiger partial charge in [0.2, 0.25) is 0 Å². The molecule has 1 aliphatic rings. The van der Waals surface area contributed by atoms with E-state index in [-0.39, 0.29) is 6.04 Å². The maximum atomic E-state index is 8.65. The van der Waals surface area contributed by atoms with E-state index >= 15 is 0 Å². The fourth-order valence-electron chi connectivity index (χ4n) is 1.76. The molecule has 16 heavy (non-hydrogen) atoms. The molecule has 1 aromatic carbocycles. The molecule has 0 aromatic heterocycles. The number of rotatable bonds is 3.